The fourth-order valence-electron chi connectivity index (χ4n) is 5.43. The Morgan fingerprint density at radius 1 is 0.500 bits per heavy atom. The highest BCUT2D eigenvalue weighted by Gasteiger charge is 2.37. The molecule has 26 heavy (non-hydrogen) atoms. The van der Waals surface area contributed by atoms with Crippen molar-refractivity contribution in [2.45, 2.75) is 153 Å². The van der Waals surface area contributed by atoms with Gasteiger partial charge in [0.1, 0.15) is 0 Å². The topological polar surface area (TPSA) is 0 Å². The Morgan fingerprint density at radius 2 is 0.885 bits per heavy atom. The second-order valence-corrected chi connectivity index (χ2v) is 12.3. The van der Waals surface area contributed by atoms with Gasteiger partial charge in [0, 0.05) is 0 Å². The second-order valence-electron chi connectivity index (χ2n) is 9.36. The summed E-state index contributed by atoms with van der Waals surface area (Å²) in [4.78, 5) is 0. The Kier molecular flexibility index (Phi) is 13.4. The third-order valence-corrected chi connectivity index (χ3v) is 10.9. The van der Waals surface area contributed by atoms with Crippen molar-refractivity contribution in [1.82, 2.24) is 0 Å². The van der Waals surface area contributed by atoms with Crippen LogP contribution in [0.25, 0.3) is 0 Å². The average Bonchev–Trinajstić information content (AvgIpc) is 2.88. The van der Waals surface area contributed by atoms with Gasteiger partial charge in [-0.2, -0.15) is 0 Å². The number of hydrogen-bond donors (Lipinski definition) is 0. The van der Waals surface area contributed by atoms with Crippen LogP contribution in [0.15, 0.2) is 0 Å². The van der Waals surface area contributed by atoms with Gasteiger partial charge in [0.2, 0.25) is 0 Å². The first-order valence-corrected chi connectivity index (χ1v) is 14.3. The molecule has 0 spiro atoms. The van der Waals surface area contributed by atoms with Crippen molar-refractivity contribution in [3.8, 4) is 0 Å². The summed E-state index contributed by atoms with van der Waals surface area (Å²) in [6.45, 7) is 2.31. The normalized spacial score (nSPS) is 25.0. The van der Waals surface area contributed by atoms with E-state index in [2.05, 4.69) is 6.92 Å². The first kappa shape index (κ1) is 22.7. The summed E-state index contributed by atoms with van der Waals surface area (Å²) in [5.41, 5.74) is 2.42. The van der Waals surface area contributed by atoms with E-state index in [9.17, 15) is 0 Å². The molecule has 2 saturated heterocycles. The molecule has 2 rings (SSSR count). The zero-order chi connectivity index (χ0) is 18.3. The molecule has 2 fully saturated rings. The van der Waals surface area contributed by atoms with Crippen molar-refractivity contribution in [2.24, 2.45) is 0 Å². The first-order chi connectivity index (χ1) is 12.9. The Labute approximate surface area is 167 Å². The van der Waals surface area contributed by atoms with Gasteiger partial charge in [-0.1, -0.05) is 110 Å². The van der Waals surface area contributed by atoms with Crippen LogP contribution in [-0.4, -0.2) is 17.5 Å². The fraction of sp³-hybridized carbons (Fsp3) is 1.00. The van der Waals surface area contributed by atoms with Crippen LogP contribution in [-0.2, 0) is 0 Å². The van der Waals surface area contributed by atoms with Crippen molar-refractivity contribution >= 4 is 7.92 Å². The third kappa shape index (κ3) is 9.57. The molecule has 0 N–H and O–H groups in total. The molecule has 0 aromatic rings. The maximum absolute atomic E-state index is 2.31. The molecule has 0 aromatic carbocycles. The second kappa shape index (κ2) is 15.4. The van der Waals surface area contributed by atoms with E-state index in [1.54, 1.807) is 44.7 Å². The van der Waals surface area contributed by atoms with Crippen LogP contribution >= 0.6 is 7.92 Å². The van der Waals surface area contributed by atoms with E-state index < -0.39 is 0 Å². The molecule has 154 valence electrons. The number of unbranched alkanes of at least 4 members (excludes halogenated alkanes) is 15. The van der Waals surface area contributed by atoms with Crippen LogP contribution in [0.2, 0.25) is 0 Å². The molecule has 0 saturated carbocycles. The zero-order valence-electron chi connectivity index (χ0n) is 18.2. The predicted molar refractivity (Wildman–Crippen MR) is 122 cm³/mol. The minimum absolute atomic E-state index is 0.474. The third-order valence-electron chi connectivity index (χ3n) is 7.12. The summed E-state index contributed by atoms with van der Waals surface area (Å²) >= 11 is 0. The molecule has 0 aromatic heterocycles. The van der Waals surface area contributed by atoms with Crippen LogP contribution in [0, 0.1) is 0 Å². The number of hydrogen-bond acceptors (Lipinski definition) is 0. The van der Waals surface area contributed by atoms with Crippen LogP contribution in [0.4, 0.5) is 0 Å². The Balaban J connectivity index is 1.26. The van der Waals surface area contributed by atoms with E-state index in [0.29, 0.717) is 7.92 Å². The van der Waals surface area contributed by atoms with Crippen molar-refractivity contribution in [2.75, 3.05) is 6.16 Å². The van der Waals surface area contributed by atoms with Gasteiger partial charge >= 0.3 is 0 Å². The lowest BCUT2D eigenvalue weighted by Crippen LogP contribution is -2.13. The van der Waals surface area contributed by atoms with E-state index in [0.717, 1.165) is 0 Å². The first-order valence-electron chi connectivity index (χ1n) is 12.7. The average molecular weight is 381 g/mol. The molecule has 0 radical (unpaired) electrons. The lowest BCUT2D eigenvalue weighted by Gasteiger charge is -2.30. The fourth-order valence-corrected chi connectivity index (χ4v) is 9.34. The molecule has 1 heteroatoms. The number of fused-ring (bicyclic) bond motifs is 2. The summed E-state index contributed by atoms with van der Waals surface area (Å²) in [5, 5.41) is 0. The van der Waals surface area contributed by atoms with Gasteiger partial charge in [-0.05, 0) is 49.6 Å². The zero-order valence-corrected chi connectivity index (χ0v) is 19.1. The van der Waals surface area contributed by atoms with E-state index in [1.807, 2.05) is 0 Å². The SMILES string of the molecule is CCCCCCCCCCCCCCCCCCP1C2CCCC1CC2. The summed E-state index contributed by atoms with van der Waals surface area (Å²) < 4.78 is 0. The van der Waals surface area contributed by atoms with Gasteiger partial charge in [-0.15, -0.1) is 7.92 Å². The standard InChI is InChI=1S/C25H49P/c1-2-3-4-5-6-7-8-9-10-11-12-13-14-15-16-17-23-26-24-19-18-20-25(26)22-21-24/h24-25H,2-23H2,1H3. The quantitative estimate of drug-likeness (QED) is 0.174. The smallest absolute Gasteiger partial charge is 0.0206 e. The maximum atomic E-state index is 2.31. The van der Waals surface area contributed by atoms with Crippen LogP contribution in [0.3, 0.4) is 0 Å². The lowest BCUT2D eigenvalue weighted by atomic mass is 10.0. The Morgan fingerprint density at radius 3 is 1.31 bits per heavy atom. The van der Waals surface area contributed by atoms with Gasteiger partial charge in [-0.3, -0.25) is 0 Å². The Bertz CT molecular complexity index is 297. The van der Waals surface area contributed by atoms with Crippen molar-refractivity contribution in [3.63, 3.8) is 0 Å². The molecule has 0 amide bonds. The van der Waals surface area contributed by atoms with Gasteiger partial charge in [0.05, 0.1) is 0 Å². The van der Waals surface area contributed by atoms with E-state index >= 15 is 0 Å². The highest BCUT2D eigenvalue weighted by molar-refractivity contribution is 7.59. The summed E-state index contributed by atoms with van der Waals surface area (Å²) in [6.07, 6.45) is 33.5. The molecule has 2 bridgehead atoms. The predicted octanol–water partition coefficient (Wildman–Crippen LogP) is 9.44. The van der Waals surface area contributed by atoms with Crippen LogP contribution in [0.1, 0.15) is 142 Å². The van der Waals surface area contributed by atoms with Gasteiger partial charge in [0.25, 0.3) is 0 Å². The molecule has 2 aliphatic heterocycles. The largest absolute Gasteiger partial charge is 0.100 e. The molecule has 2 aliphatic rings. The molecule has 2 atom stereocenters. The van der Waals surface area contributed by atoms with Crippen molar-refractivity contribution < 1.29 is 0 Å². The molecule has 2 unspecified atom stereocenters. The van der Waals surface area contributed by atoms with E-state index in [4.69, 9.17) is 0 Å². The molecule has 0 nitrogen and oxygen atoms in total. The number of rotatable bonds is 17. The van der Waals surface area contributed by atoms with Crippen LogP contribution in [0.5, 0.6) is 0 Å². The van der Waals surface area contributed by atoms with Gasteiger partial charge < -0.3 is 0 Å². The van der Waals surface area contributed by atoms with Crippen LogP contribution < -0.4 is 0 Å². The summed E-state index contributed by atoms with van der Waals surface area (Å²) in [7, 11) is 0.474. The lowest BCUT2D eigenvalue weighted by molar-refractivity contribution is 0.531. The van der Waals surface area contributed by atoms with E-state index in [1.165, 1.54) is 108 Å². The highest BCUT2D eigenvalue weighted by atomic mass is 31.1. The molecular formula is C25H49P. The van der Waals surface area contributed by atoms with Gasteiger partial charge in [0.15, 0.2) is 0 Å². The molecule has 0 aliphatic carbocycles. The highest BCUT2D eigenvalue weighted by Crippen LogP contribution is 2.61. The monoisotopic (exact) mass is 380 g/mol. The Hall–Kier alpha value is 0.430. The maximum Gasteiger partial charge on any atom is -0.0206 e. The van der Waals surface area contributed by atoms with Gasteiger partial charge in [-0.25, -0.2) is 0 Å². The van der Waals surface area contributed by atoms with E-state index in [-0.39, 0.29) is 0 Å². The van der Waals surface area contributed by atoms with Crippen molar-refractivity contribution in [3.05, 3.63) is 0 Å². The molecular weight excluding hydrogens is 331 g/mol. The summed E-state index contributed by atoms with van der Waals surface area (Å²) in [6, 6.07) is 0. The minimum Gasteiger partial charge on any atom is -0.100 e. The molecule has 2 heterocycles. The summed E-state index contributed by atoms with van der Waals surface area (Å²) in [5.74, 6) is 0. The minimum atomic E-state index is 0.474. The van der Waals surface area contributed by atoms with Crippen molar-refractivity contribution in [1.29, 1.82) is 0 Å².